The van der Waals surface area contributed by atoms with Gasteiger partial charge in [-0.25, -0.2) is 9.36 Å². The van der Waals surface area contributed by atoms with Crippen LogP contribution in [0.2, 0.25) is 0 Å². The molecule has 0 aromatic heterocycles. The molecule has 0 aliphatic carbocycles. The predicted octanol–water partition coefficient (Wildman–Crippen LogP) is -2.73. The van der Waals surface area contributed by atoms with Crippen LogP contribution in [0.3, 0.4) is 0 Å². The second-order valence-electron chi connectivity index (χ2n) is 0.916. The van der Waals surface area contributed by atoms with Crippen molar-refractivity contribution in [3.05, 3.63) is 0 Å². The summed E-state index contributed by atoms with van der Waals surface area (Å²) >= 11 is 0. The first kappa shape index (κ1) is 16.2. The molecule has 0 radical (unpaired) electrons. The molecule has 0 atom stereocenters. The standard InChI is InChI=1S/CH4N2O.H3O4P.H2O/c2-1(3)4;1-5(2,3)4;/h(H4,2,3,4);(H3,1,2,3,4);1H2. The highest BCUT2D eigenvalue weighted by atomic mass is 31.2. The first-order chi connectivity index (χ1) is 3.73. The molecule has 9 N–H and O–H groups in total. The van der Waals surface area contributed by atoms with Crippen LogP contribution in [0.5, 0.6) is 0 Å². The summed E-state index contributed by atoms with van der Waals surface area (Å²) in [6.45, 7) is 0. The minimum absolute atomic E-state index is 0. The van der Waals surface area contributed by atoms with Crippen molar-refractivity contribution < 1.29 is 29.5 Å². The number of carbonyl (C=O) groups excluding carboxylic acids is 1. The highest BCUT2D eigenvalue weighted by Crippen LogP contribution is 2.25. The minimum Gasteiger partial charge on any atom is -0.412 e. The Morgan fingerprint density at radius 1 is 1.20 bits per heavy atom. The van der Waals surface area contributed by atoms with Crippen molar-refractivity contribution >= 4 is 13.9 Å². The SMILES string of the molecule is NC(N)=O.O.O=P(O)(O)O. The predicted molar refractivity (Wildman–Crippen MR) is 31.6 cm³/mol. The van der Waals surface area contributed by atoms with Crippen LogP contribution in [0.1, 0.15) is 0 Å². The molecule has 64 valence electrons. The van der Waals surface area contributed by atoms with E-state index in [0.29, 0.717) is 0 Å². The first-order valence-corrected chi connectivity index (χ1v) is 3.13. The zero-order valence-electron chi connectivity index (χ0n) is 4.76. The zero-order valence-corrected chi connectivity index (χ0v) is 5.65. The second-order valence-corrected chi connectivity index (χ2v) is 1.94. The summed E-state index contributed by atoms with van der Waals surface area (Å²) < 4.78 is 8.88. The van der Waals surface area contributed by atoms with Crippen molar-refractivity contribution in [3.63, 3.8) is 0 Å². The van der Waals surface area contributed by atoms with Crippen LogP contribution in [0, 0.1) is 0 Å². The number of nitrogens with two attached hydrogens (primary N) is 2. The van der Waals surface area contributed by atoms with Crippen LogP contribution >= 0.6 is 7.82 Å². The lowest BCUT2D eigenvalue weighted by Gasteiger charge is -1.82. The lowest BCUT2D eigenvalue weighted by Crippen LogP contribution is -2.18. The molecule has 10 heavy (non-hydrogen) atoms. The van der Waals surface area contributed by atoms with Gasteiger partial charge in [0.05, 0.1) is 0 Å². The van der Waals surface area contributed by atoms with Gasteiger partial charge in [-0.2, -0.15) is 0 Å². The summed E-state index contributed by atoms with van der Waals surface area (Å²) in [6, 6.07) is -0.833. The maximum absolute atomic E-state index is 9.00. The number of hydrogen-bond acceptors (Lipinski definition) is 2. The lowest BCUT2D eigenvalue weighted by atomic mass is 11.2. The first-order valence-electron chi connectivity index (χ1n) is 1.56. The Morgan fingerprint density at radius 2 is 1.20 bits per heavy atom. The van der Waals surface area contributed by atoms with Crippen LogP contribution in [0.25, 0.3) is 0 Å². The largest absolute Gasteiger partial charge is 0.466 e. The highest BCUT2D eigenvalue weighted by Gasteiger charge is 2.00. The van der Waals surface area contributed by atoms with Gasteiger partial charge in [-0.3, -0.25) is 0 Å². The Bertz CT molecular complexity index is 115. The number of primary amides is 2. The summed E-state index contributed by atoms with van der Waals surface area (Å²) in [5.74, 6) is 0. The molecule has 9 heteroatoms. The van der Waals surface area contributed by atoms with Gasteiger partial charge in [0.1, 0.15) is 0 Å². The van der Waals surface area contributed by atoms with Gasteiger partial charge in [0.15, 0.2) is 0 Å². The monoisotopic (exact) mass is 176 g/mol. The van der Waals surface area contributed by atoms with E-state index in [0.717, 1.165) is 0 Å². The van der Waals surface area contributed by atoms with Gasteiger partial charge < -0.3 is 31.6 Å². The van der Waals surface area contributed by atoms with Gasteiger partial charge in [-0.05, 0) is 0 Å². The molecule has 0 aromatic carbocycles. The summed E-state index contributed by atoms with van der Waals surface area (Å²) in [7, 11) is -4.64. The van der Waals surface area contributed by atoms with E-state index in [-0.39, 0.29) is 5.48 Å². The van der Waals surface area contributed by atoms with Crippen LogP contribution in [-0.2, 0) is 4.57 Å². The van der Waals surface area contributed by atoms with Crippen molar-refractivity contribution in [1.82, 2.24) is 0 Å². The van der Waals surface area contributed by atoms with Gasteiger partial charge >= 0.3 is 13.9 Å². The van der Waals surface area contributed by atoms with Crippen molar-refractivity contribution in [2.24, 2.45) is 11.5 Å². The molecule has 0 saturated carbocycles. The normalized spacial score (nSPS) is 8.30. The number of phosphoric acid groups is 1. The maximum Gasteiger partial charge on any atom is 0.466 e. The van der Waals surface area contributed by atoms with Crippen LogP contribution < -0.4 is 11.5 Å². The van der Waals surface area contributed by atoms with E-state index >= 15 is 0 Å². The van der Waals surface area contributed by atoms with Crippen LogP contribution in [0.15, 0.2) is 0 Å². The Labute approximate surface area is 56.0 Å². The third kappa shape index (κ3) is 677. The number of rotatable bonds is 0. The highest BCUT2D eigenvalue weighted by molar-refractivity contribution is 7.45. The smallest absolute Gasteiger partial charge is 0.412 e. The molecular formula is CH9N2O6P. The minimum atomic E-state index is -4.64. The van der Waals surface area contributed by atoms with Gasteiger partial charge in [-0.1, -0.05) is 0 Å². The molecule has 0 heterocycles. The molecule has 0 rings (SSSR count). The Hall–Kier alpha value is -0.660. The van der Waals surface area contributed by atoms with Crippen LogP contribution in [0.4, 0.5) is 4.79 Å². The Morgan fingerprint density at radius 3 is 1.20 bits per heavy atom. The topological polar surface area (TPSA) is 178 Å². The van der Waals surface area contributed by atoms with E-state index < -0.39 is 13.9 Å². The summed E-state index contributed by atoms with van der Waals surface area (Å²) in [4.78, 5) is 30.6. The molecule has 0 aliphatic rings. The van der Waals surface area contributed by atoms with E-state index in [4.69, 9.17) is 24.0 Å². The molecule has 0 bridgehead atoms. The van der Waals surface area contributed by atoms with Crippen molar-refractivity contribution in [3.8, 4) is 0 Å². The maximum atomic E-state index is 9.00. The molecule has 0 saturated heterocycles. The van der Waals surface area contributed by atoms with E-state index in [2.05, 4.69) is 11.5 Å². The summed E-state index contributed by atoms with van der Waals surface area (Å²) in [5.41, 5.74) is 8.50. The van der Waals surface area contributed by atoms with Gasteiger partial charge in [0.2, 0.25) is 0 Å². The van der Waals surface area contributed by atoms with Crippen LogP contribution in [-0.4, -0.2) is 26.2 Å². The van der Waals surface area contributed by atoms with Crippen molar-refractivity contribution in [2.45, 2.75) is 0 Å². The molecule has 8 nitrogen and oxygen atoms in total. The molecule has 0 aliphatic heterocycles. The van der Waals surface area contributed by atoms with E-state index in [1.807, 2.05) is 0 Å². The fourth-order valence-corrected chi connectivity index (χ4v) is 0. The summed E-state index contributed by atoms with van der Waals surface area (Å²) in [5, 5.41) is 0. The average Bonchev–Trinajstić information content (AvgIpc) is 1.19. The quantitative estimate of drug-likeness (QED) is 0.251. The zero-order chi connectivity index (χ0) is 8.08. The molecular weight excluding hydrogens is 167 g/mol. The molecule has 0 aromatic rings. The fraction of sp³-hybridized carbons (Fsp3) is 0. The van der Waals surface area contributed by atoms with Crippen molar-refractivity contribution in [2.75, 3.05) is 0 Å². The van der Waals surface area contributed by atoms with E-state index in [1.165, 1.54) is 0 Å². The molecule has 0 spiro atoms. The van der Waals surface area contributed by atoms with E-state index in [9.17, 15) is 0 Å². The summed E-state index contributed by atoms with van der Waals surface area (Å²) in [6.07, 6.45) is 0. The Balaban J connectivity index is -0.0000000910. The van der Waals surface area contributed by atoms with Crippen molar-refractivity contribution in [1.29, 1.82) is 0 Å². The molecule has 2 amide bonds. The second kappa shape index (κ2) is 6.46. The third-order valence-electron chi connectivity index (χ3n) is 0. The number of hydrogen-bond donors (Lipinski definition) is 5. The molecule has 0 fully saturated rings. The third-order valence-corrected chi connectivity index (χ3v) is 0. The fourth-order valence-electron chi connectivity index (χ4n) is 0. The number of carbonyl (C=O) groups is 1. The molecule has 0 unspecified atom stereocenters. The van der Waals surface area contributed by atoms with E-state index in [1.54, 1.807) is 0 Å². The van der Waals surface area contributed by atoms with Gasteiger partial charge in [0, 0.05) is 0 Å². The average molecular weight is 176 g/mol. The number of amides is 2. The lowest BCUT2D eigenvalue weighted by molar-refractivity contribution is 0.256. The number of urea groups is 1. The van der Waals surface area contributed by atoms with Gasteiger partial charge in [0.25, 0.3) is 0 Å². The van der Waals surface area contributed by atoms with Gasteiger partial charge in [-0.15, -0.1) is 0 Å². The Kier molecular flexibility index (Phi) is 10.4.